The van der Waals surface area contributed by atoms with Crippen LogP contribution in [0.1, 0.15) is 4.88 Å². The van der Waals surface area contributed by atoms with Crippen LogP contribution < -0.4 is 4.90 Å². The molecule has 28 heavy (non-hydrogen) atoms. The number of anilines is 1. The zero-order chi connectivity index (χ0) is 19.1. The van der Waals surface area contributed by atoms with Crippen molar-refractivity contribution in [2.75, 3.05) is 11.9 Å². The lowest BCUT2D eigenvalue weighted by atomic mass is 10.0. The van der Waals surface area contributed by atoms with Crippen LogP contribution in [-0.2, 0) is 13.6 Å². The van der Waals surface area contributed by atoms with Crippen molar-refractivity contribution in [2.45, 2.75) is 6.54 Å². The Morgan fingerprint density at radius 3 is 2.75 bits per heavy atom. The zero-order valence-corrected chi connectivity index (χ0v) is 16.5. The minimum absolute atomic E-state index is 0.828. The second kappa shape index (κ2) is 6.73. The van der Waals surface area contributed by atoms with E-state index in [0.717, 1.165) is 45.3 Å². The molecule has 0 bridgehead atoms. The molecule has 0 radical (unpaired) electrons. The van der Waals surface area contributed by atoms with E-state index in [1.165, 1.54) is 4.88 Å². The number of aryl methyl sites for hydroxylation is 1. The van der Waals surface area contributed by atoms with Gasteiger partial charge in [-0.1, -0.05) is 24.3 Å². The van der Waals surface area contributed by atoms with Crippen LogP contribution in [0.25, 0.3) is 32.9 Å². The number of fused-ring (bicyclic) bond motifs is 2. The number of rotatable bonds is 4. The molecule has 0 atom stereocenters. The third-order valence-electron chi connectivity index (χ3n) is 5.03. The molecule has 0 fully saturated rings. The van der Waals surface area contributed by atoms with Gasteiger partial charge in [0.15, 0.2) is 0 Å². The second-order valence-electron chi connectivity index (χ2n) is 6.91. The van der Waals surface area contributed by atoms with E-state index >= 15 is 0 Å². The van der Waals surface area contributed by atoms with E-state index < -0.39 is 0 Å². The van der Waals surface area contributed by atoms with Crippen LogP contribution in [0.5, 0.6) is 0 Å². The van der Waals surface area contributed by atoms with Crippen LogP contribution in [0, 0.1) is 0 Å². The van der Waals surface area contributed by atoms with Crippen molar-refractivity contribution in [3.8, 4) is 11.1 Å². The number of hydrogen-bond donors (Lipinski definition) is 0. The van der Waals surface area contributed by atoms with Gasteiger partial charge in [-0.15, -0.1) is 11.3 Å². The van der Waals surface area contributed by atoms with Crippen molar-refractivity contribution >= 4 is 39.0 Å². The lowest BCUT2D eigenvalue weighted by molar-refractivity contribution is 0.797. The number of aromatic nitrogens is 4. The molecule has 5 rings (SSSR count). The van der Waals surface area contributed by atoms with E-state index in [9.17, 15) is 0 Å². The van der Waals surface area contributed by atoms with Gasteiger partial charge in [-0.2, -0.15) is 5.10 Å². The highest BCUT2D eigenvalue weighted by molar-refractivity contribution is 7.09. The van der Waals surface area contributed by atoms with Gasteiger partial charge in [0.25, 0.3) is 0 Å². The SMILES string of the molecule is CN(Cc1cccs1)c1ncnc2ccc(-c3ccc4cnn(C)c4c3)cc12. The normalized spacial score (nSPS) is 11.4. The first-order valence-corrected chi connectivity index (χ1v) is 9.97. The van der Waals surface area contributed by atoms with Crippen molar-refractivity contribution in [3.63, 3.8) is 0 Å². The van der Waals surface area contributed by atoms with Crippen LogP contribution in [0.15, 0.2) is 66.4 Å². The standard InChI is InChI=1S/C22H19N5S/c1-26(13-18-4-3-9-28-18)22-19-10-15(7-8-20(19)23-14-24-22)16-5-6-17-12-25-27(2)21(17)11-16/h3-12,14H,13H2,1-2H3. The van der Waals surface area contributed by atoms with Crippen LogP contribution in [-0.4, -0.2) is 26.8 Å². The van der Waals surface area contributed by atoms with E-state index in [-0.39, 0.29) is 0 Å². The molecule has 0 amide bonds. The minimum Gasteiger partial charge on any atom is -0.354 e. The third kappa shape index (κ3) is 2.92. The lowest BCUT2D eigenvalue weighted by Gasteiger charge is -2.19. The van der Waals surface area contributed by atoms with Crippen LogP contribution in [0.4, 0.5) is 5.82 Å². The van der Waals surface area contributed by atoms with Gasteiger partial charge in [0.2, 0.25) is 0 Å². The molecule has 0 aliphatic heterocycles. The molecule has 0 spiro atoms. The molecule has 3 aromatic heterocycles. The first-order valence-electron chi connectivity index (χ1n) is 9.09. The smallest absolute Gasteiger partial charge is 0.139 e. The topological polar surface area (TPSA) is 46.8 Å². The fraction of sp³-hybridized carbons (Fsp3) is 0.136. The molecule has 0 aliphatic carbocycles. The molecule has 0 unspecified atom stereocenters. The molecule has 2 aromatic carbocycles. The summed E-state index contributed by atoms with van der Waals surface area (Å²) in [6.45, 7) is 0.828. The predicted octanol–water partition coefficient (Wildman–Crippen LogP) is 4.88. The summed E-state index contributed by atoms with van der Waals surface area (Å²) in [7, 11) is 4.05. The van der Waals surface area contributed by atoms with Crippen molar-refractivity contribution in [2.24, 2.45) is 7.05 Å². The maximum absolute atomic E-state index is 4.58. The molecule has 0 saturated heterocycles. The Kier molecular flexibility index (Phi) is 4.06. The van der Waals surface area contributed by atoms with Crippen LogP contribution >= 0.6 is 11.3 Å². The van der Waals surface area contributed by atoms with Crippen molar-refractivity contribution in [1.29, 1.82) is 0 Å². The molecule has 138 valence electrons. The largest absolute Gasteiger partial charge is 0.354 e. The number of nitrogens with zero attached hydrogens (tertiary/aromatic N) is 5. The molecule has 3 heterocycles. The first-order chi connectivity index (χ1) is 13.7. The summed E-state index contributed by atoms with van der Waals surface area (Å²) in [6, 6.07) is 17.1. The number of hydrogen-bond acceptors (Lipinski definition) is 5. The van der Waals surface area contributed by atoms with E-state index in [1.807, 2.05) is 17.9 Å². The Morgan fingerprint density at radius 2 is 1.89 bits per heavy atom. The quantitative estimate of drug-likeness (QED) is 0.442. The minimum atomic E-state index is 0.828. The summed E-state index contributed by atoms with van der Waals surface area (Å²) in [4.78, 5) is 12.5. The maximum atomic E-state index is 4.58. The Hall–Kier alpha value is -3.25. The molecular weight excluding hydrogens is 366 g/mol. The van der Waals surface area contributed by atoms with Gasteiger partial charge in [-0.05, 0) is 40.8 Å². The molecule has 5 nitrogen and oxygen atoms in total. The van der Waals surface area contributed by atoms with Crippen molar-refractivity contribution in [1.82, 2.24) is 19.7 Å². The highest BCUT2D eigenvalue weighted by Gasteiger charge is 2.12. The zero-order valence-electron chi connectivity index (χ0n) is 15.7. The van der Waals surface area contributed by atoms with Gasteiger partial charge in [0.05, 0.1) is 23.8 Å². The van der Waals surface area contributed by atoms with Gasteiger partial charge in [0.1, 0.15) is 12.1 Å². The monoisotopic (exact) mass is 385 g/mol. The summed E-state index contributed by atoms with van der Waals surface area (Å²) >= 11 is 1.76. The highest BCUT2D eigenvalue weighted by atomic mass is 32.1. The molecule has 6 heteroatoms. The number of benzene rings is 2. The predicted molar refractivity (Wildman–Crippen MR) is 116 cm³/mol. The Balaban J connectivity index is 1.60. The van der Waals surface area contributed by atoms with Gasteiger partial charge in [-0.3, -0.25) is 4.68 Å². The van der Waals surface area contributed by atoms with Crippen molar-refractivity contribution < 1.29 is 0 Å². The Labute approximate surface area is 166 Å². The molecular formula is C22H19N5S. The van der Waals surface area contributed by atoms with E-state index in [4.69, 9.17) is 0 Å². The van der Waals surface area contributed by atoms with Gasteiger partial charge < -0.3 is 4.90 Å². The number of thiophene rings is 1. The summed E-state index contributed by atoms with van der Waals surface area (Å²) in [5, 5.41) is 8.65. The van der Waals surface area contributed by atoms with Gasteiger partial charge in [0, 0.05) is 29.7 Å². The third-order valence-corrected chi connectivity index (χ3v) is 5.89. The van der Waals surface area contributed by atoms with Crippen LogP contribution in [0.3, 0.4) is 0 Å². The first kappa shape index (κ1) is 16.9. The van der Waals surface area contributed by atoms with Crippen molar-refractivity contribution in [3.05, 3.63) is 71.3 Å². The summed E-state index contributed by atoms with van der Waals surface area (Å²) in [5.41, 5.74) is 4.38. The summed E-state index contributed by atoms with van der Waals surface area (Å²) in [6.07, 6.45) is 3.54. The average Bonchev–Trinajstić information content (AvgIpc) is 3.36. The highest BCUT2D eigenvalue weighted by Crippen LogP contribution is 2.30. The molecule has 0 aliphatic rings. The summed E-state index contributed by atoms with van der Waals surface area (Å²) in [5.74, 6) is 0.946. The van der Waals surface area contributed by atoms with Crippen LogP contribution in [0.2, 0.25) is 0 Å². The Bertz CT molecular complexity index is 1270. The second-order valence-corrected chi connectivity index (χ2v) is 7.94. The van der Waals surface area contributed by atoms with E-state index in [2.05, 4.69) is 80.9 Å². The van der Waals surface area contributed by atoms with Gasteiger partial charge in [-0.25, -0.2) is 9.97 Å². The molecule has 0 N–H and O–H groups in total. The summed E-state index contributed by atoms with van der Waals surface area (Å²) < 4.78 is 1.91. The molecule has 0 saturated carbocycles. The van der Waals surface area contributed by atoms with E-state index in [1.54, 1.807) is 17.7 Å². The fourth-order valence-corrected chi connectivity index (χ4v) is 4.32. The van der Waals surface area contributed by atoms with Gasteiger partial charge >= 0.3 is 0 Å². The maximum Gasteiger partial charge on any atom is 0.139 e. The lowest BCUT2D eigenvalue weighted by Crippen LogP contribution is -2.17. The van der Waals surface area contributed by atoms with E-state index in [0.29, 0.717) is 0 Å². The Morgan fingerprint density at radius 1 is 1.04 bits per heavy atom. The molecule has 5 aromatic rings. The average molecular weight is 385 g/mol. The fourth-order valence-electron chi connectivity index (χ4n) is 3.56.